The molecule has 2 aliphatic rings. The molecule has 31 heavy (non-hydrogen) atoms. The summed E-state index contributed by atoms with van der Waals surface area (Å²) in [5.41, 5.74) is 5.08. The molecule has 8 heteroatoms. The fourth-order valence-corrected chi connectivity index (χ4v) is 4.14. The molecule has 1 atom stereocenters. The van der Waals surface area contributed by atoms with Crippen LogP contribution in [0.1, 0.15) is 45.5 Å². The minimum atomic E-state index is -0.636. The molecule has 160 valence electrons. The lowest BCUT2D eigenvalue weighted by molar-refractivity contribution is -0.136. The smallest absolute Gasteiger partial charge is 0.319 e. The van der Waals surface area contributed by atoms with Crippen LogP contribution in [0.5, 0.6) is 0 Å². The molecule has 1 saturated heterocycles. The number of imide groups is 1. The summed E-state index contributed by atoms with van der Waals surface area (Å²) in [6, 6.07) is 10.3. The Balaban J connectivity index is 1.38. The summed E-state index contributed by atoms with van der Waals surface area (Å²) >= 11 is 0. The third kappa shape index (κ3) is 4.42. The largest absolute Gasteiger partial charge is 0.334 e. The van der Waals surface area contributed by atoms with E-state index in [1.54, 1.807) is 12.1 Å². The van der Waals surface area contributed by atoms with Gasteiger partial charge < -0.3 is 15.5 Å². The first-order chi connectivity index (χ1) is 14.8. The molecule has 0 radical (unpaired) electrons. The van der Waals surface area contributed by atoms with E-state index in [1.807, 2.05) is 38.1 Å². The first kappa shape index (κ1) is 20.6. The molecule has 0 spiro atoms. The zero-order chi connectivity index (χ0) is 22.1. The number of benzene rings is 2. The van der Waals surface area contributed by atoms with Crippen LogP contribution in [0, 0.1) is 13.8 Å². The molecule has 0 aliphatic carbocycles. The van der Waals surface area contributed by atoms with Gasteiger partial charge in [-0.15, -0.1) is 0 Å². The summed E-state index contributed by atoms with van der Waals surface area (Å²) in [5, 5.41) is 7.95. The van der Waals surface area contributed by atoms with Crippen molar-refractivity contribution < 1.29 is 19.2 Å². The van der Waals surface area contributed by atoms with Crippen LogP contribution in [0.3, 0.4) is 0 Å². The van der Waals surface area contributed by atoms with Gasteiger partial charge in [-0.25, -0.2) is 4.79 Å². The minimum absolute atomic E-state index is 0.212. The highest BCUT2D eigenvalue weighted by atomic mass is 16.2. The molecule has 2 aliphatic heterocycles. The average Bonchev–Trinajstić information content (AvgIpc) is 3.01. The van der Waals surface area contributed by atoms with E-state index in [1.165, 1.54) is 4.90 Å². The molecular formula is C23H24N4O4. The second-order valence-electron chi connectivity index (χ2n) is 8.08. The van der Waals surface area contributed by atoms with Gasteiger partial charge in [0.1, 0.15) is 6.04 Å². The highest BCUT2D eigenvalue weighted by molar-refractivity contribution is 6.05. The van der Waals surface area contributed by atoms with Crippen LogP contribution in [-0.4, -0.2) is 34.7 Å². The van der Waals surface area contributed by atoms with Crippen molar-refractivity contribution in [2.75, 3.05) is 5.32 Å². The molecule has 1 unspecified atom stereocenters. The van der Waals surface area contributed by atoms with Gasteiger partial charge in [-0.1, -0.05) is 18.2 Å². The van der Waals surface area contributed by atoms with Crippen molar-refractivity contribution in [3.05, 3.63) is 64.2 Å². The van der Waals surface area contributed by atoms with Gasteiger partial charge in [0.15, 0.2) is 0 Å². The number of urea groups is 1. The summed E-state index contributed by atoms with van der Waals surface area (Å²) in [6.07, 6.45) is 0.554. The number of aryl methyl sites for hydroxylation is 2. The molecule has 0 saturated carbocycles. The van der Waals surface area contributed by atoms with E-state index in [0.717, 1.165) is 27.9 Å². The van der Waals surface area contributed by atoms with Gasteiger partial charge in [-0.05, 0) is 60.7 Å². The van der Waals surface area contributed by atoms with Crippen molar-refractivity contribution in [3.8, 4) is 0 Å². The molecule has 2 aromatic carbocycles. The second-order valence-corrected chi connectivity index (χ2v) is 8.08. The van der Waals surface area contributed by atoms with Crippen LogP contribution in [0.25, 0.3) is 0 Å². The van der Waals surface area contributed by atoms with E-state index < -0.39 is 11.9 Å². The van der Waals surface area contributed by atoms with Crippen molar-refractivity contribution in [2.45, 2.75) is 45.8 Å². The molecular weight excluding hydrogens is 396 g/mol. The highest BCUT2D eigenvalue weighted by Gasteiger charge is 2.39. The van der Waals surface area contributed by atoms with Crippen molar-refractivity contribution in [3.63, 3.8) is 0 Å². The maximum absolute atomic E-state index is 12.7. The molecule has 2 heterocycles. The summed E-state index contributed by atoms with van der Waals surface area (Å²) < 4.78 is 0. The monoisotopic (exact) mass is 420 g/mol. The topological polar surface area (TPSA) is 108 Å². The molecule has 0 bridgehead atoms. The van der Waals surface area contributed by atoms with Crippen molar-refractivity contribution in [1.29, 1.82) is 0 Å². The Labute approximate surface area is 180 Å². The number of nitrogens with zero attached hydrogens (tertiary/aromatic N) is 1. The fourth-order valence-electron chi connectivity index (χ4n) is 4.14. The van der Waals surface area contributed by atoms with E-state index >= 15 is 0 Å². The van der Waals surface area contributed by atoms with Crippen molar-refractivity contribution in [2.24, 2.45) is 0 Å². The third-order valence-electron chi connectivity index (χ3n) is 5.52. The van der Waals surface area contributed by atoms with E-state index in [4.69, 9.17) is 0 Å². The first-order valence-electron chi connectivity index (χ1n) is 10.2. The number of rotatable bonds is 4. The maximum Gasteiger partial charge on any atom is 0.319 e. The molecule has 2 aromatic rings. The molecule has 0 aromatic heterocycles. The van der Waals surface area contributed by atoms with E-state index in [9.17, 15) is 19.2 Å². The van der Waals surface area contributed by atoms with E-state index in [0.29, 0.717) is 25.1 Å². The third-order valence-corrected chi connectivity index (χ3v) is 5.52. The van der Waals surface area contributed by atoms with Gasteiger partial charge in [0.2, 0.25) is 11.8 Å². The predicted molar refractivity (Wildman–Crippen MR) is 114 cm³/mol. The van der Waals surface area contributed by atoms with Crippen LogP contribution in [-0.2, 0) is 22.7 Å². The van der Waals surface area contributed by atoms with Crippen molar-refractivity contribution >= 4 is 29.4 Å². The zero-order valence-corrected chi connectivity index (χ0v) is 17.5. The lowest BCUT2D eigenvalue weighted by Gasteiger charge is -2.29. The number of fused-ring (bicyclic) bond motifs is 1. The molecule has 4 rings (SSSR count). The van der Waals surface area contributed by atoms with Crippen molar-refractivity contribution in [1.82, 2.24) is 15.5 Å². The van der Waals surface area contributed by atoms with E-state index in [2.05, 4.69) is 16.0 Å². The predicted octanol–water partition coefficient (Wildman–Crippen LogP) is 2.39. The van der Waals surface area contributed by atoms with Gasteiger partial charge in [-0.3, -0.25) is 19.7 Å². The second kappa shape index (κ2) is 8.22. The molecule has 5 amide bonds. The van der Waals surface area contributed by atoms with Crippen LogP contribution in [0.4, 0.5) is 10.5 Å². The number of carbonyl (C=O) groups excluding carboxylic acids is 4. The number of hydrogen-bond acceptors (Lipinski definition) is 4. The Kier molecular flexibility index (Phi) is 5.46. The Hall–Kier alpha value is -3.68. The van der Waals surface area contributed by atoms with Gasteiger partial charge in [-0.2, -0.15) is 0 Å². The van der Waals surface area contributed by atoms with Crippen LogP contribution < -0.4 is 16.0 Å². The minimum Gasteiger partial charge on any atom is -0.334 e. The first-order valence-corrected chi connectivity index (χ1v) is 10.2. The molecule has 1 fully saturated rings. The summed E-state index contributed by atoms with van der Waals surface area (Å²) in [6.45, 7) is 4.56. The highest BCUT2D eigenvalue weighted by Crippen LogP contribution is 2.28. The number of piperidine rings is 1. The van der Waals surface area contributed by atoms with E-state index in [-0.39, 0.29) is 24.3 Å². The number of carbonyl (C=O) groups is 4. The number of nitrogens with one attached hydrogen (secondary N) is 3. The summed E-state index contributed by atoms with van der Waals surface area (Å²) in [7, 11) is 0. The zero-order valence-electron chi connectivity index (χ0n) is 17.5. The summed E-state index contributed by atoms with van der Waals surface area (Å²) in [5.74, 6) is -0.947. The van der Waals surface area contributed by atoms with Crippen LogP contribution in [0.2, 0.25) is 0 Å². The normalized spacial score (nSPS) is 17.9. The Morgan fingerprint density at radius 3 is 2.55 bits per heavy atom. The Morgan fingerprint density at radius 1 is 1.10 bits per heavy atom. The molecule has 3 N–H and O–H groups in total. The lowest BCUT2D eigenvalue weighted by Crippen LogP contribution is -2.52. The Morgan fingerprint density at radius 2 is 1.84 bits per heavy atom. The van der Waals surface area contributed by atoms with Gasteiger partial charge in [0.25, 0.3) is 5.91 Å². The summed E-state index contributed by atoms with van der Waals surface area (Å²) in [4.78, 5) is 50.0. The number of hydrogen-bond donors (Lipinski definition) is 3. The average molecular weight is 420 g/mol. The molecule has 8 nitrogen and oxygen atoms in total. The van der Waals surface area contributed by atoms with Crippen LogP contribution >= 0.6 is 0 Å². The van der Waals surface area contributed by atoms with Gasteiger partial charge in [0.05, 0.1) is 0 Å². The number of anilines is 1. The standard InChI is InChI=1S/C23H24N4O4/c1-13-7-14(2)9-17(8-13)25-23(31)24-11-15-3-4-18-16(10-15)12-27(22(18)30)19-5-6-20(28)26-21(19)29/h3-4,7-10,19H,5-6,11-12H2,1-2H3,(H2,24,25,31)(H,26,28,29). The quantitative estimate of drug-likeness (QED) is 0.660. The fraction of sp³-hybridized carbons (Fsp3) is 0.304. The van der Waals surface area contributed by atoms with Crippen LogP contribution in [0.15, 0.2) is 36.4 Å². The maximum atomic E-state index is 12.7. The van der Waals surface area contributed by atoms with Gasteiger partial charge in [0, 0.05) is 30.8 Å². The number of amides is 5. The Bertz CT molecular complexity index is 1070. The SMILES string of the molecule is Cc1cc(C)cc(NC(=O)NCc2ccc3c(c2)CN(C2CCC(=O)NC2=O)C3=O)c1. The van der Waals surface area contributed by atoms with Gasteiger partial charge >= 0.3 is 6.03 Å². The lowest BCUT2D eigenvalue weighted by atomic mass is 10.0.